The SMILES string of the molecule is CN(C)S(=O)(=O)NCc1cccc2nnc([C@@H](COCc3ccccc3)NC(=O)C(C)(C)N)n12. The number of carbonyl (C=O) groups is 1. The van der Waals surface area contributed by atoms with Gasteiger partial charge in [-0.1, -0.05) is 36.4 Å². The molecule has 0 aliphatic heterocycles. The van der Waals surface area contributed by atoms with E-state index in [1.54, 1.807) is 36.4 Å². The standard InChI is InChI=1S/C22H31N7O4S/c1-22(2,23)21(30)25-18(15-33-14-16-9-6-5-7-10-16)20-27-26-19-12-8-11-17(29(19)20)13-24-34(31,32)28(3)4/h5-12,18,24H,13-15,23H2,1-4H3,(H,25,30)/t18-/m1/s1. The Morgan fingerprint density at radius 1 is 1.15 bits per heavy atom. The molecule has 184 valence electrons. The third-order valence-corrected chi connectivity index (χ3v) is 6.52. The van der Waals surface area contributed by atoms with Crippen molar-refractivity contribution in [3.05, 3.63) is 65.6 Å². The minimum absolute atomic E-state index is 0.00316. The van der Waals surface area contributed by atoms with Crippen molar-refractivity contribution >= 4 is 21.8 Å². The van der Waals surface area contributed by atoms with Gasteiger partial charge in [-0.05, 0) is 31.5 Å². The van der Waals surface area contributed by atoms with Gasteiger partial charge in [0.15, 0.2) is 11.5 Å². The van der Waals surface area contributed by atoms with Gasteiger partial charge in [0.1, 0.15) is 6.04 Å². The van der Waals surface area contributed by atoms with Gasteiger partial charge < -0.3 is 15.8 Å². The molecular formula is C22H31N7O4S. The zero-order valence-electron chi connectivity index (χ0n) is 19.7. The van der Waals surface area contributed by atoms with Gasteiger partial charge in [0.2, 0.25) is 5.91 Å². The zero-order chi connectivity index (χ0) is 24.9. The predicted molar refractivity (Wildman–Crippen MR) is 128 cm³/mol. The van der Waals surface area contributed by atoms with Crippen molar-refractivity contribution in [3.63, 3.8) is 0 Å². The molecular weight excluding hydrogens is 458 g/mol. The second-order valence-electron chi connectivity index (χ2n) is 8.63. The second kappa shape index (κ2) is 10.6. The van der Waals surface area contributed by atoms with E-state index >= 15 is 0 Å². The predicted octanol–water partition coefficient (Wildman–Crippen LogP) is 0.737. The number of aromatic nitrogens is 3. The summed E-state index contributed by atoms with van der Waals surface area (Å²) in [6, 6.07) is 14.2. The van der Waals surface area contributed by atoms with Crippen LogP contribution in [0, 0.1) is 0 Å². The zero-order valence-corrected chi connectivity index (χ0v) is 20.5. The minimum atomic E-state index is -3.65. The van der Waals surface area contributed by atoms with Crippen molar-refractivity contribution < 1.29 is 17.9 Å². The lowest BCUT2D eigenvalue weighted by atomic mass is 10.1. The summed E-state index contributed by atoms with van der Waals surface area (Å²) < 4.78 is 35.7. The quantitative estimate of drug-likeness (QED) is 0.360. The van der Waals surface area contributed by atoms with Crippen LogP contribution in [0.25, 0.3) is 5.65 Å². The number of carbonyl (C=O) groups excluding carboxylic acids is 1. The van der Waals surface area contributed by atoms with Gasteiger partial charge in [-0.15, -0.1) is 10.2 Å². The van der Waals surface area contributed by atoms with Gasteiger partial charge in [-0.25, -0.2) is 0 Å². The van der Waals surface area contributed by atoms with Gasteiger partial charge in [0, 0.05) is 19.8 Å². The fourth-order valence-corrected chi connectivity index (χ4v) is 3.67. The molecule has 0 fully saturated rings. The van der Waals surface area contributed by atoms with Crippen molar-refractivity contribution in [2.45, 2.75) is 38.6 Å². The van der Waals surface area contributed by atoms with Crippen LogP contribution in [-0.4, -0.2) is 59.5 Å². The Morgan fingerprint density at radius 3 is 2.50 bits per heavy atom. The van der Waals surface area contributed by atoms with Crippen molar-refractivity contribution in [3.8, 4) is 0 Å². The Bertz CT molecular complexity index is 1220. The average Bonchev–Trinajstić information content (AvgIpc) is 3.21. The monoisotopic (exact) mass is 489 g/mol. The lowest BCUT2D eigenvalue weighted by molar-refractivity contribution is -0.126. The maximum atomic E-state index is 12.7. The third kappa shape index (κ3) is 6.36. The summed E-state index contributed by atoms with van der Waals surface area (Å²) in [6.07, 6.45) is 0. The van der Waals surface area contributed by atoms with Gasteiger partial charge >= 0.3 is 0 Å². The second-order valence-corrected chi connectivity index (χ2v) is 10.6. The first kappa shape index (κ1) is 25.7. The number of rotatable bonds is 11. The number of benzene rings is 1. The molecule has 1 aromatic carbocycles. The highest BCUT2D eigenvalue weighted by atomic mass is 32.2. The molecule has 1 atom stereocenters. The molecule has 0 aliphatic rings. The normalized spacial score (nSPS) is 13.4. The lowest BCUT2D eigenvalue weighted by Crippen LogP contribution is -2.51. The van der Waals surface area contributed by atoms with Gasteiger partial charge in [0.25, 0.3) is 10.2 Å². The van der Waals surface area contributed by atoms with Crippen molar-refractivity contribution in [2.75, 3.05) is 20.7 Å². The lowest BCUT2D eigenvalue weighted by Gasteiger charge is -2.24. The molecule has 3 aromatic rings. The molecule has 12 heteroatoms. The Hall–Kier alpha value is -2.90. The van der Waals surface area contributed by atoms with E-state index in [0.29, 0.717) is 23.8 Å². The summed E-state index contributed by atoms with van der Waals surface area (Å²) in [7, 11) is -0.763. The molecule has 0 spiro atoms. The number of pyridine rings is 1. The van der Waals surface area contributed by atoms with Gasteiger partial charge in [-0.3, -0.25) is 9.20 Å². The molecule has 2 heterocycles. The fourth-order valence-electron chi connectivity index (χ4n) is 3.08. The highest BCUT2D eigenvalue weighted by molar-refractivity contribution is 7.87. The Morgan fingerprint density at radius 2 is 1.85 bits per heavy atom. The van der Waals surface area contributed by atoms with Gasteiger partial charge in [0.05, 0.1) is 25.3 Å². The van der Waals surface area contributed by atoms with Crippen LogP contribution in [0.4, 0.5) is 0 Å². The van der Waals surface area contributed by atoms with Gasteiger partial charge in [-0.2, -0.15) is 17.4 Å². The number of fused-ring (bicyclic) bond motifs is 1. The fraction of sp³-hybridized carbons (Fsp3) is 0.409. The molecule has 0 radical (unpaired) electrons. The number of ether oxygens (including phenoxy) is 1. The summed E-state index contributed by atoms with van der Waals surface area (Å²) in [5, 5.41) is 11.4. The van der Waals surface area contributed by atoms with E-state index in [1.165, 1.54) is 14.1 Å². The molecule has 0 bridgehead atoms. The van der Waals surface area contributed by atoms with Crippen molar-refractivity contribution in [2.24, 2.45) is 5.73 Å². The average molecular weight is 490 g/mol. The topological polar surface area (TPSA) is 144 Å². The molecule has 11 nitrogen and oxygen atoms in total. The van der Waals surface area contributed by atoms with E-state index < -0.39 is 21.8 Å². The molecule has 1 amide bonds. The highest BCUT2D eigenvalue weighted by Crippen LogP contribution is 2.18. The van der Waals surface area contributed by atoms with E-state index in [2.05, 4.69) is 20.2 Å². The summed E-state index contributed by atoms with van der Waals surface area (Å²) in [5.74, 6) is 0.0173. The summed E-state index contributed by atoms with van der Waals surface area (Å²) >= 11 is 0. The Labute approximate surface area is 199 Å². The number of nitrogens with two attached hydrogens (primary N) is 1. The first-order chi connectivity index (χ1) is 16.0. The first-order valence-electron chi connectivity index (χ1n) is 10.7. The summed E-state index contributed by atoms with van der Waals surface area (Å²) in [4.78, 5) is 12.7. The molecule has 4 N–H and O–H groups in total. The maximum Gasteiger partial charge on any atom is 0.279 e. The third-order valence-electron chi connectivity index (χ3n) is 5.05. The van der Waals surface area contributed by atoms with Crippen LogP contribution in [0.5, 0.6) is 0 Å². The van der Waals surface area contributed by atoms with E-state index in [9.17, 15) is 13.2 Å². The first-order valence-corrected chi connectivity index (χ1v) is 12.1. The van der Waals surface area contributed by atoms with Crippen molar-refractivity contribution in [1.29, 1.82) is 0 Å². The summed E-state index contributed by atoms with van der Waals surface area (Å²) in [6.45, 7) is 3.65. The Balaban J connectivity index is 1.91. The smallest absolute Gasteiger partial charge is 0.279 e. The number of hydrogen-bond donors (Lipinski definition) is 3. The Kier molecular flexibility index (Phi) is 8.00. The van der Waals surface area contributed by atoms with Crippen molar-refractivity contribution in [1.82, 2.24) is 28.9 Å². The number of amides is 1. The molecule has 3 rings (SSSR count). The van der Waals surface area contributed by atoms with Crippen LogP contribution in [0.3, 0.4) is 0 Å². The molecule has 34 heavy (non-hydrogen) atoms. The van der Waals surface area contributed by atoms with E-state index in [4.69, 9.17) is 10.5 Å². The maximum absolute atomic E-state index is 12.7. The van der Waals surface area contributed by atoms with Crippen LogP contribution in [0.2, 0.25) is 0 Å². The molecule has 0 aliphatic carbocycles. The van der Waals surface area contributed by atoms with Crippen LogP contribution >= 0.6 is 0 Å². The van der Waals surface area contributed by atoms with Crippen LogP contribution < -0.4 is 15.8 Å². The van der Waals surface area contributed by atoms with E-state index in [-0.39, 0.29) is 19.1 Å². The number of nitrogens with one attached hydrogen (secondary N) is 2. The highest BCUT2D eigenvalue weighted by Gasteiger charge is 2.28. The molecule has 2 aromatic heterocycles. The largest absolute Gasteiger partial charge is 0.374 e. The summed E-state index contributed by atoms with van der Waals surface area (Å²) in [5.41, 5.74) is 6.95. The van der Waals surface area contributed by atoms with Crippen LogP contribution in [-0.2, 0) is 32.9 Å². The molecule has 0 unspecified atom stereocenters. The number of hydrogen-bond acceptors (Lipinski definition) is 7. The number of nitrogens with zero attached hydrogens (tertiary/aromatic N) is 4. The van der Waals surface area contributed by atoms with E-state index in [1.807, 2.05) is 30.3 Å². The van der Waals surface area contributed by atoms with Crippen LogP contribution in [0.1, 0.15) is 37.0 Å². The van der Waals surface area contributed by atoms with E-state index in [0.717, 1.165) is 9.87 Å². The molecule has 0 saturated heterocycles. The minimum Gasteiger partial charge on any atom is -0.374 e. The van der Waals surface area contributed by atoms with Crippen LogP contribution in [0.15, 0.2) is 48.5 Å². The molecule has 0 saturated carbocycles.